The van der Waals surface area contributed by atoms with Gasteiger partial charge in [-0.25, -0.2) is 0 Å². The van der Waals surface area contributed by atoms with Gasteiger partial charge in [0.25, 0.3) is 16.0 Å². The number of aliphatic hydroxyl groups excluding tert-OH is 2. The predicted molar refractivity (Wildman–Crippen MR) is 232 cm³/mol. The number of hydrogen-bond acceptors (Lipinski definition) is 11. The number of ether oxygens (including phenoxy) is 3. The molecule has 4 unspecified atom stereocenters. The highest BCUT2D eigenvalue weighted by atomic mass is 32.2. The minimum Gasteiger partial charge on any atom is -0.479 e. The van der Waals surface area contributed by atoms with Crippen molar-refractivity contribution >= 4 is 39.0 Å². The Morgan fingerprint density at radius 1 is 1.02 bits per heavy atom. The van der Waals surface area contributed by atoms with Gasteiger partial charge in [-0.2, -0.15) is 13.0 Å². The van der Waals surface area contributed by atoms with Gasteiger partial charge in [0.1, 0.15) is 37.1 Å². The van der Waals surface area contributed by atoms with Gasteiger partial charge in [-0.3, -0.25) is 19.5 Å². The molecule has 3 aliphatic heterocycles. The quantitative estimate of drug-likeness (QED) is 0.0564. The van der Waals surface area contributed by atoms with Gasteiger partial charge >= 0.3 is 0 Å². The number of anilines is 1. The molecule has 4 aliphatic rings. The van der Waals surface area contributed by atoms with Crippen molar-refractivity contribution < 1.29 is 51.6 Å². The third kappa shape index (κ3) is 9.96. The van der Waals surface area contributed by atoms with Crippen LogP contribution in [0.1, 0.15) is 70.9 Å². The lowest BCUT2D eigenvalue weighted by molar-refractivity contribution is -0.401. The molecule has 15 nitrogen and oxygen atoms in total. The summed E-state index contributed by atoms with van der Waals surface area (Å²) in [5, 5.41) is 28.0. The van der Waals surface area contributed by atoms with Crippen LogP contribution in [-0.2, 0) is 44.7 Å². The number of para-hydroxylation sites is 2. The molecule has 4 atom stereocenters. The number of rotatable bonds is 20. The van der Waals surface area contributed by atoms with Crippen LogP contribution in [0.3, 0.4) is 0 Å². The van der Waals surface area contributed by atoms with E-state index >= 15 is 0 Å². The summed E-state index contributed by atoms with van der Waals surface area (Å²) in [6.07, 6.45) is 2.43. The first-order valence-electron chi connectivity index (χ1n) is 21.0. The number of likely N-dealkylation sites (N-methyl/N-ethyl adjacent to an activating group) is 1. The van der Waals surface area contributed by atoms with E-state index in [0.717, 1.165) is 33.9 Å². The monoisotopic (exact) mass is 864 g/mol. The molecule has 2 aromatic carbocycles. The Morgan fingerprint density at radius 2 is 1.72 bits per heavy atom. The van der Waals surface area contributed by atoms with Crippen molar-refractivity contribution in [2.75, 3.05) is 64.7 Å². The molecule has 0 spiro atoms. The van der Waals surface area contributed by atoms with E-state index in [1.165, 1.54) is 0 Å². The number of likely N-dealkylation sites (tertiary alicyclic amines) is 1. The number of nitrogens with zero attached hydrogens (tertiary/aromatic N) is 3. The van der Waals surface area contributed by atoms with Gasteiger partial charge in [0, 0.05) is 92.3 Å². The minimum atomic E-state index is -4.69. The molecule has 332 valence electrons. The number of amides is 2. The first-order chi connectivity index (χ1) is 28.9. The second-order valence-electron chi connectivity index (χ2n) is 17.1. The number of fused-ring (bicyclic) bond motifs is 2. The normalized spacial score (nSPS) is 22.8. The highest BCUT2D eigenvalue weighted by Crippen LogP contribution is 2.49. The summed E-state index contributed by atoms with van der Waals surface area (Å²) >= 11 is 0. The molecule has 0 saturated carbocycles. The Bertz CT molecular complexity index is 2210. The highest BCUT2D eigenvalue weighted by Gasteiger charge is 2.47. The van der Waals surface area contributed by atoms with E-state index in [9.17, 15) is 32.8 Å². The zero-order valence-electron chi connectivity index (χ0n) is 36.3. The maximum atomic E-state index is 13.7. The zero-order valence-corrected chi connectivity index (χ0v) is 37.1. The molecule has 16 heteroatoms. The van der Waals surface area contributed by atoms with E-state index < -0.39 is 51.0 Å². The third-order valence-electron chi connectivity index (χ3n) is 12.3. The first kappa shape index (κ1) is 46.1. The summed E-state index contributed by atoms with van der Waals surface area (Å²) in [4.78, 5) is 29.4. The van der Waals surface area contributed by atoms with Crippen molar-refractivity contribution in [3.63, 3.8) is 0 Å². The SMILES string of the molecule is COC1CCC(=O)N1CCOCCNC(O)CCCCNC(=O)C(CS(=O)(=O)O)OC1=C(/C=C2/N(C)c3ccccc3C2(C)C)C(O)/C1=C\C1=[N+](C)c2ccccc2C1(C)C. The van der Waals surface area contributed by atoms with E-state index in [-0.39, 0.29) is 24.4 Å². The van der Waals surface area contributed by atoms with E-state index in [0.29, 0.717) is 69.6 Å². The van der Waals surface area contributed by atoms with Crippen LogP contribution in [-0.4, -0.2) is 135 Å². The summed E-state index contributed by atoms with van der Waals surface area (Å²) < 4.78 is 54.0. The van der Waals surface area contributed by atoms with Crippen molar-refractivity contribution in [2.45, 2.75) is 95.3 Å². The Kier molecular flexibility index (Phi) is 14.3. The molecular formula is C45H62N5O10S+. The highest BCUT2D eigenvalue weighted by molar-refractivity contribution is 7.85. The van der Waals surface area contributed by atoms with Gasteiger partial charge in [0.15, 0.2) is 11.8 Å². The number of unbranched alkanes of at least 4 members (excludes halogenated alkanes) is 1. The molecule has 0 aromatic heterocycles. The van der Waals surface area contributed by atoms with Crippen molar-refractivity contribution in [3.8, 4) is 0 Å². The number of nitrogens with one attached hydrogen (secondary N) is 2. The number of aliphatic hydroxyl groups is 2. The fraction of sp³-hybridized carbons (Fsp3) is 0.533. The molecule has 61 heavy (non-hydrogen) atoms. The summed E-state index contributed by atoms with van der Waals surface area (Å²) in [6.45, 7) is 10.0. The van der Waals surface area contributed by atoms with Crippen LogP contribution in [0, 0.1) is 0 Å². The van der Waals surface area contributed by atoms with E-state index in [4.69, 9.17) is 14.2 Å². The summed E-state index contributed by atoms with van der Waals surface area (Å²) in [5.41, 5.74) is 5.82. The Hall–Kier alpha value is -4.42. The lowest BCUT2D eigenvalue weighted by Crippen LogP contribution is -2.43. The average Bonchev–Trinajstić information content (AvgIpc) is 3.74. The standard InChI is InChI=1S/C45H61N5O10S/c1-44(2)31-14-8-10-16-33(31)48(5)36(44)26-29-41(53)30(27-37-45(3,4)32-15-9-11-17-34(32)49(37)6)42(29)60-35(28-61(55,56)57)43(54)47-21-13-12-18-38(51)46-22-24-59-25-23-50-39(52)19-20-40(50)58-7/h8-11,14-17,26-27,35,38,40-41,46,51,53H,12-13,18-25,28H2,1-7H3,(H-,47,54,55,56,57)/p+1. The van der Waals surface area contributed by atoms with Gasteiger partial charge in [-0.15, -0.1) is 0 Å². The van der Waals surface area contributed by atoms with Crippen LogP contribution in [0.4, 0.5) is 11.4 Å². The number of benzene rings is 2. The van der Waals surface area contributed by atoms with Crippen LogP contribution >= 0.6 is 0 Å². The van der Waals surface area contributed by atoms with Crippen LogP contribution in [0.25, 0.3) is 0 Å². The Labute approximate surface area is 359 Å². The smallest absolute Gasteiger partial charge is 0.269 e. The Balaban J connectivity index is 1.12. The van der Waals surface area contributed by atoms with Gasteiger partial charge in [-0.1, -0.05) is 50.2 Å². The molecule has 2 aromatic rings. The van der Waals surface area contributed by atoms with Gasteiger partial charge in [0.2, 0.25) is 11.6 Å². The maximum Gasteiger partial charge on any atom is 0.269 e. The second kappa shape index (κ2) is 18.9. The van der Waals surface area contributed by atoms with Gasteiger partial charge < -0.3 is 39.5 Å². The third-order valence-corrected chi connectivity index (χ3v) is 13.1. The molecule has 6 rings (SSSR count). The topological polar surface area (TPSA) is 190 Å². The van der Waals surface area contributed by atoms with Crippen LogP contribution in [0.15, 0.2) is 83.3 Å². The summed E-state index contributed by atoms with van der Waals surface area (Å²) in [7, 11) is 0.785. The van der Waals surface area contributed by atoms with Crippen LogP contribution in [0.2, 0.25) is 0 Å². The summed E-state index contributed by atoms with van der Waals surface area (Å²) in [5.74, 6) is -1.54. The van der Waals surface area contributed by atoms with Crippen molar-refractivity contribution in [1.29, 1.82) is 0 Å². The molecular weight excluding hydrogens is 803 g/mol. The predicted octanol–water partition coefficient (Wildman–Crippen LogP) is 3.64. The number of allylic oxidation sites excluding steroid dienone is 2. The molecule has 2 amide bonds. The molecule has 5 N–H and O–H groups in total. The molecule has 0 bridgehead atoms. The van der Waals surface area contributed by atoms with Crippen molar-refractivity contribution in [1.82, 2.24) is 15.5 Å². The largest absolute Gasteiger partial charge is 0.479 e. The fourth-order valence-electron chi connectivity index (χ4n) is 8.91. The second-order valence-corrected chi connectivity index (χ2v) is 18.6. The maximum absolute atomic E-state index is 13.7. The van der Waals surface area contributed by atoms with Gasteiger partial charge in [-0.05, 0) is 50.8 Å². The Morgan fingerprint density at radius 3 is 2.41 bits per heavy atom. The minimum absolute atomic E-state index is 0.0486. The zero-order chi connectivity index (χ0) is 44.3. The van der Waals surface area contributed by atoms with E-state index in [1.807, 2.05) is 72.1 Å². The van der Waals surface area contributed by atoms with Crippen LogP contribution in [0.5, 0.6) is 0 Å². The van der Waals surface area contributed by atoms with Gasteiger partial charge in [0.05, 0.1) is 18.6 Å². The van der Waals surface area contributed by atoms with Crippen molar-refractivity contribution in [2.24, 2.45) is 0 Å². The van der Waals surface area contributed by atoms with E-state index in [2.05, 4.69) is 50.5 Å². The molecule has 0 radical (unpaired) electrons. The number of methoxy groups -OCH3 is 1. The molecule has 3 heterocycles. The lowest BCUT2D eigenvalue weighted by Gasteiger charge is -2.35. The van der Waals surface area contributed by atoms with E-state index in [1.54, 1.807) is 12.0 Å². The molecule has 1 aliphatic carbocycles. The molecule has 1 saturated heterocycles. The van der Waals surface area contributed by atoms with Crippen LogP contribution < -0.4 is 15.5 Å². The van der Waals surface area contributed by atoms with Crippen molar-refractivity contribution in [3.05, 3.63) is 94.4 Å². The fourth-order valence-corrected chi connectivity index (χ4v) is 9.51. The molecule has 1 fully saturated rings. The first-order valence-corrected chi connectivity index (χ1v) is 22.6. The number of hydrogen-bond donors (Lipinski definition) is 5. The number of carbonyl (C=O) groups excluding carboxylic acids is 2. The number of carbonyl (C=O) groups is 2. The average molecular weight is 865 g/mol. The summed E-state index contributed by atoms with van der Waals surface area (Å²) in [6, 6.07) is 16.1. The lowest BCUT2D eigenvalue weighted by atomic mass is 9.77.